The average Bonchev–Trinajstić information content (AvgIpc) is 2.52. The van der Waals surface area contributed by atoms with E-state index in [1.807, 2.05) is 6.92 Å². The van der Waals surface area contributed by atoms with E-state index in [0.717, 1.165) is 6.42 Å². The van der Waals surface area contributed by atoms with Crippen molar-refractivity contribution in [3.05, 3.63) is 18.2 Å². The number of aromatic nitrogens is 2. The van der Waals surface area contributed by atoms with Crippen LogP contribution >= 0.6 is 0 Å². The Morgan fingerprint density at radius 1 is 1.85 bits per heavy atom. The summed E-state index contributed by atoms with van der Waals surface area (Å²) >= 11 is 0. The number of carboxylic acids is 1. The highest BCUT2D eigenvalue weighted by molar-refractivity contribution is 5.72. The first-order valence-electron chi connectivity index (χ1n) is 4.04. The van der Waals surface area contributed by atoms with Gasteiger partial charge in [0.2, 0.25) is 0 Å². The summed E-state index contributed by atoms with van der Waals surface area (Å²) in [4.78, 5) is 14.0. The van der Waals surface area contributed by atoms with Crippen molar-refractivity contribution in [3.8, 4) is 0 Å². The highest BCUT2D eigenvalue weighted by atomic mass is 19.1. The zero-order valence-electron chi connectivity index (χ0n) is 7.27. The summed E-state index contributed by atoms with van der Waals surface area (Å²) in [5.41, 5.74) is 0. The summed E-state index contributed by atoms with van der Waals surface area (Å²) < 4.78 is 14.5. The maximum atomic E-state index is 13.0. The summed E-state index contributed by atoms with van der Waals surface area (Å²) in [5, 5.41) is 8.42. The number of alkyl halides is 1. The summed E-state index contributed by atoms with van der Waals surface area (Å²) in [5.74, 6) is -1.53. The Morgan fingerprint density at radius 3 is 3.08 bits per heavy atom. The van der Waals surface area contributed by atoms with E-state index in [2.05, 4.69) is 4.98 Å². The summed E-state index contributed by atoms with van der Waals surface area (Å²) in [6, 6.07) is 0. The van der Waals surface area contributed by atoms with Crippen molar-refractivity contribution >= 4 is 5.97 Å². The van der Waals surface area contributed by atoms with E-state index in [9.17, 15) is 9.18 Å². The zero-order chi connectivity index (χ0) is 9.84. The van der Waals surface area contributed by atoms with Gasteiger partial charge in [0.15, 0.2) is 5.82 Å². The van der Waals surface area contributed by atoms with Crippen molar-refractivity contribution in [1.82, 2.24) is 9.55 Å². The minimum atomic E-state index is -2.03. The van der Waals surface area contributed by atoms with Crippen molar-refractivity contribution in [2.24, 2.45) is 0 Å². The van der Waals surface area contributed by atoms with E-state index in [0.29, 0.717) is 6.54 Å². The maximum Gasteiger partial charge on any atom is 0.346 e. The molecule has 0 saturated carbocycles. The summed E-state index contributed by atoms with van der Waals surface area (Å²) in [7, 11) is 0. The lowest BCUT2D eigenvalue weighted by atomic mass is 10.3. The van der Waals surface area contributed by atoms with Gasteiger partial charge in [-0.2, -0.15) is 0 Å². The molecular weight excluding hydrogens is 175 g/mol. The standard InChI is InChI=1S/C8H11FN2O2/c1-2-4-11-5-3-10-7(11)6(9)8(12)13/h3,5-6H,2,4H2,1H3,(H,12,13). The Balaban J connectivity index is 2.86. The number of nitrogens with zero attached hydrogens (tertiary/aromatic N) is 2. The Bertz CT molecular complexity index is 298. The number of aryl methyl sites for hydroxylation is 1. The number of halogens is 1. The number of hydrogen-bond acceptors (Lipinski definition) is 2. The predicted molar refractivity (Wildman–Crippen MR) is 44.0 cm³/mol. The van der Waals surface area contributed by atoms with Gasteiger partial charge in [-0.1, -0.05) is 6.92 Å². The third kappa shape index (κ3) is 2.05. The fourth-order valence-electron chi connectivity index (χ4n) is 1.09. The molecule has 72 valence electrons. The molecule has 1 atom stereocenters. The second-order valence-electron chi connectivity index (χ2n) is 2.68. The molecule has 13 heavy (non-hydrogen) atoms. The molecule has 1 N–H and O–H groups in total. The average molecular weight is 186 g/mol. The SMILES string of the molecule is CCCn1ccnc1C(F)C(=O)O. The molecule has 0 bridgehead atoms. The number of rotatable bonds is 4. The van der Waals surface area contributed by atoms with Gasteiger partial charge in [-0.3, -0.25) is 0 Å². The first-order valence-corrected chi connectivity index (χ1v) is 4.04. The van der Waals surface area contributed by atoms with E-state index in [-0.39, 0.29) is 5.82 Å². The van der Waals surface area contributed by atoms with Crippen molar-refractivity contribution in [2.75, 3.05) is 0 Å². The number of imidazole rings is 1. The first-order chi connectivity index (χ1) is 6.16. The molecule has 4 nitrogen and oxygen atoms in total. The van der Waals surface area contributed by atoms with Crippen molar-refractivity contribution in [3.63, 3.8) is 0 Å². The molecule has 0 saturated heterocycles. The molecule has 1 aromatic rings. The van der Waals surface area contributed by atoms with Crippen LogP contribution in [0.25, 0.3) is 0 Å². The van der Waals surface area contributed by atoms with Crippen LogP contribution in [0, 0.1) is 0 Å². The van der Waals surface area contributed by atoms with Crippen LogP contribution in [-0.2, 0) is 11.3 Å². The molecular formula is C8H11FN2O2. The van der Waals surface area contributed by atoms with E-state index in [4.69, 9.17) is 5.11 Å². The molecule has 1 rings (SSSR count). The van der Waals surface area contributed by atoms with Crippen molar-refractivity contribution in [1.29, 1.82) is 0 Å². The lowest BCUT2D eigenvalue weighted by molar-refractivity contribution is -0.143. The van der Waals surface area contributed by atoms with Gasteiger partial charge in [0.25, 0.3) is 6.17 Å². The van der Waals surface area contributed by atoms with Crippen LogP contribution in [0.2, 0.25) is 0 Å². The lowest BCUT2D eigenvalue weighted by Crippen LogP contribution is -2.13. The van der Waals surface area contributed by atoms with Crippen LogP contribution in [0.3, 0.4) is 0 Å². The Labute approximate surface area is 75.0 Å². The maximum absolute atomic E-state index is 13.0. The molecule has 0 radical (unpaired) electrons. The molecule has 1 aromatic heterocycles. The van der Waals surface area contributed by atoms with Gasteiger partial charge in [0.05, 0.1) is 0 Å². The summed E-state index contributed by atoms with van der Waals surface area (Å²) in [6.07, 6.45) is 1.77. The largest absolute Gasteiger partial charge is 0.479 e. The molecule has 1 unspecified atom stereocenters. The second kappa shape index (κ2) is 4.02. The van der Waals surface area contributed by atoms with E-state index >= 15 is 0 Å². The van der Waals surface area contributed by atoms with Gasteiger partial charge < -0.3 is 9.67 Å². The van der Waals surface area contributed by atoms with Gasteiger partial charge in [0.1, 0.15) is 0 Å². The predicted octanol–water partition coefficient (Wildman–Crippen LogP) is 1.39. The fourth-order valence-corrected chi connectivity index (χ4v) is 1.09. The number of carboxylic acid groups (broad SMARTS) is 1. The van der Waals surface area contributed by atoms with Gasteiger partial charge in [-0.25, -0.2) is 14.2 Å². The Morgan fingerprint density at radius 2 is 2.54 bits per heavy atom. The van der Waals surface area contributed by atoms with Gasteiger partial charge in [-0.05, 0) is 6.42 Å². The third-order valence-electron chi connectivity index (χ3n) is 1.66. The molecule has 1 heterocycles. The second-order valence-corrected chi connectivity index (χ2v) is 2.68. The molecule has 0 spiro atoms. The Hall–Kier alpha value is -1.39. The quantitative estimate of drug-likeness (QED) is 0.773. The first kappa shape index (κ1) is 9.70. The summed E-state index contributed by atoms with van der Waals surface area (Å²) in [6.45, 7) is 2.51. The van der Waals surface area contributed by atoms with Crippen molar-refractivity contribution < 1.29 is 14.3 Å². The van der Waals surface area contributed by atoms with Crippen LogP contribution in [0.15, 0.2) is 12.4 Å². The number of carbonyl (C=O) groups is 1. The highest BCUT2D eigenvalue weighted by Crippen LogP contribution is 2.15. The van der Waals surface area contributed by atoms with E-state index in [1.54, 1.807) is 6.20 Å². The topological polar surface area (TPSA) is 55.1 Å². The van der Waals surface area contributed by atoms with Gasteiger partial charge in [-0.15, -0.1) is 0 Å². The third-order valence-corrected chi connectivity index (χ3v) is 1.66. The molecule has 0 fully saturated rings. The zero-order valence-corrected chi connectivity index (χ0v) is 7.27. The molecule has 0 aliphatic carbocycles. The normalized spacial score (nSPS) is 12.8. The molecule has 0 aromatic carbocycles. The molecule has 0 aliphatic rings. The lowest BCUT2D eigenvalue weighted by Gasteiger charge is -2.06. The molecule has 0 aliphatic heterocycles. The minimum Gasteiger partial charge on any atom is -0.479 e. The van der Waals surface area contributed by atoms with E-state index < -0.39 is 12.1 Å². The minimum absolute atomic E-state index is 0.0330. The van der Waals surface area contributed by atoms with Crippen LogP contribution in [0.4, 0.5) is 4.39 Å². The van der Waals surface area contributed by atoms with Crippen LogP contribution in [-0.4, -0.2) is 20.6 Å². The van der Waals surface area contributed by atoms with Crippen LogP contribution < -0.4 is 0 Å². The number of hydrogen-bond donors (Lipinski definition) is 1. The fraction of sp³-hybridized carbons (Fsp3) is 0.500. The van der Waals surface area contributed by atoms with Crippen LogP contribution in [0.5, 0.6) is 0 Å². The highest BCUT2D eigenvalue weighted by Gasteiger charge is 2.22. The smallest absolute Gasteiger partial charge is 0.346 e. The van der Waals surface area contributed by atoms with E-state index in [1.165, 1.54) is 10.8 Å². The van der Waals surface area contributed by atoms with Crippen molar-refractivity contribution in [2.45, 2.75) is 26.1 Å². The Kier molecular flexibility index (Phi) is 3.00. The van der Waals surface area contributed by atoms with Gasteiger partial charge >= 0.3 is 5.97 Å². The monoisotopic (exact) mass is 186 g/mol. The van der Waals surface area contributed by atoms with Gasteiger partial charge in [0, 0.05) is 18.9 Å². The molecule has 5 heteroatoms. The number of aliphatic carboxylic acids is 1. The molecule has 0 amide bonds. The van der Waals surface area contributed by atoms with Crippen LogP contribution in [0.1, 0.15) is 25.3 Å².